The standard InChI is InChI=1S/C26H19Cl2N3O2S/c27-19-10-6-17(7-11-19)22-14-21(16-4-2-1-3-5-16)30-31(22)26-29-25(33)24(34-26)15-23(32)18-8-12-20(28)13-9-18/h1-13,22,24H,14-15H2. The summed E-state index contributed by atoms with van der Waals surface area (Å²) >= 11 is 13.3. The highest BCUT2D eigenvalue weighted by molar-refractivity contribution is 8.15. The summed E-state index contributed by atoms with van der Waals surface area (Å²) in [4.78, 5) is 29.7. The largest absolute Gasteiger partial charge is 0.294 e. The number of hydrogen-bond acceptors (Lipinski definition) is 5. The molecule has 3 aromatic carbocycles. The maximum absolute atomic E-state index is 12.7. The zero-order valence-electron chi connectivity index (χ0n) is 17.9. The molecular weight excluding hydrogens is 489 g/mol. The predicted molar refractivity (Wildman–Crippen MR) is 138 cm³/mol. The van der Waals surface area contributed by atoms with Crippen LogP contribution in [0.4, 0.5) is 0 Å². The van der Waals surface area contributed by atoms with Crippen LogP contribution in [0.5, 0.6) is 0 Å². The van der Waals surface area contributed by atoms with Crippen LogP contribution in [0.15, 0.2) is 89.0 Å². The van der Waals surface area contributed by atoms with Gasteiger partial charge in [-0.1, -0.05) is 77.4 Å². The molecule has 0 bridgehead atoms. The van der Waals surface area contributed by atoms with Gasteiger partial charge in [-0.3, -0.25) is 9.59 Å². The Morgan fingerprint density at radius 1 is 0.941 bits per heavy atom. The molecule has 2 aliphatic heterocycles. The van der Waals surface area contributed by atoms with Crippen molar-refractivity contribution in [3.8, 4) is 0 Å². The first-order chi connectivity index (χ1) is 16.5. The van der Waals surface area contributed by atoms with E-state index in [2.05, 4.69) is 4.99 Å². The van der Waals surface area contributed by atoms with Gasteiger partial charge in [-0.2, -0.15) is 10.1 Å². The number of hydrogen-bond donors (Lipinski definition) is 0. The summed E-state index contributed by atoms with van der Waals surface area (Å²) in [5, 5.41) is 7.79. The highest BCUT2D eigenvalue weighted by atomic mass is 35.5. The van der Waals surface area contributed by atoms with E-state index in [-0.39, 0.29) is 24.2 Å². The number of ketones is 1. The normalized spacial score (nSPS) is 19.8. The highest BCUT2D eigenvalue weighted by Crippen LogP contribution is 2.39. The van der Waals surface area contributed by atoms with Gasteiger partial charge in [0.1, 0.15) is 5.25 Å². The fourth-order valence-electron chi connectivity index (χ4n) is 3.96. The number of Topliss-reactive ketones (excluding diaryl/α,β-unsaturated/α-hetero) is 1. The Morgan fingerprint density at radius 3 is 2.26 bits per heavy atom. The average molecular weight is 508 g/mol. The van der Waals surface area contributed by atoms with Crippen LogP contribution in [0, 0.1) is 0 Å². The molecule has 0 N–H and O–H groups in total. The third-order valence-corrected chi connectivity index (χ3v) is 7.38. The molecule has 0 aromatic heterocycles. The first-order valence-corrected chi connectivity index (χ1v) is 12.4. The Morgan fingerprint density at radius 2 is 1.59 bits per heavy atom. The van der Waals surface area contributed by atoms with Gasteiger partial charge in [0.15, 0.2) is 11.0 Å². The summed E-state index contributed by atoms with van der Waals surface area (Å²) in [6.45, 7) is 0. The minimum absolute atomic E-state index is 0.0623. The Balaban J connectivity index is 1.39. The lowest BCUT2D eigenvalue weighted by atomic mass is 9.99. The SMILES string of the molecule is O=C(CC1SC(N2N=C(c3ccccc3)CC2c2ccc(Cl)cc2)=NC1=O)c1ccc(Cl)cc1. The molecule has 3 aromatic rings. The fraction of sp³-hybridized carbons (Fsp3) is 0.154. The molecule has 0 fully saturated rings. The molecule has 34 heavy (non-hydrogen) atoms. The number of halogens is 2. The number of hydrazone groups is 1. The summed E-state index contributed by atoms with van der Waals surface area (Å²) in [5.41, 5.74) is 3.48. The number of benzene rings is 3. The number of carbonyl (C=O) groups excluding carboxylic acids is 2. The van der Waals surface area contributed by atoms with Crippen LogP contribution in [0.2, 0.25) is 10.0 Å². The fourth-order valence-corrected chi connectivity index (χ4v) is 5.28. The summed E-state index contributed by atoms with van der Waals surface area (Å²) in [7, 11) is 0. The van der Waals surface area contributed by atoms with Crippen molar-refractivity contribution in [2.45, 2.75) is 24.1 Å². The van der Waals surface area contributed by atoms with Crippen molar-refractivity contribution in [1.82, 2.24) is 5.01 Å². The molecule has 2 atom stereocenters. The van der Waals surface area contributed by atoms with Crippen molar-refractivity contribution in [2.75, 3.05) is 0 Å². The van der Waals surface area contributed by atoms with Crippen LogP contribution in [0.3, 0.4) is 0 Å². The second kappa shape index (κ2) is 9.74. The first-order valence-electron chi connectivity index (χ1n) is 10.7. The van der Waals surface area contributed by atoms with Gasteiger partial charge in [-0.05, 0) is 47.5 Å². The summed E-state index contributed by atoms with van der Waals surface area (Å²) in [5.74, 6) is -0.441. The molecule has 170 valence electrons. The molecule has 8 heteroatoms. The molecule has 5 nitrogen and oxygen atoms in total. The van der Waals surface area contributed by atoms with Crippen LogP contribution in [0.1, 0.15) is 40.4 Å². The van der Waals surface area contributed by atoms with E-state index in [1.807, 2.05) is 54.6 Å². The molecule has 0 saturated heterocycles. The number of amidine groups is 1. The predicted octanol–water partition coefficient (Wildman–Crippen LogP) is 6.42. The van der Waals surface area contributed by atoms with Gasteiger partial charge in [-0.25, -0.2) is 5.01 Å². The van der Waals surface area contributed by atoms with Crippen molar-refractivity contribution in [3.05, 3.63) is 106 Å². The average Bonchev–Trinajstić information content (AvgIpc) is 3.45. The van der Waals surface area contributed by atoms with Crippen LogP contribution >= 0.6 is 35.0 Å². The smallest absolute Gasteiger partial charge is 0.262 e. The molecule has 0 saturated carbocycles. The maximum atomic E-state index is 12.7. The van der Waals surface area contributed by atoms with Crippen LogP contribution < -0.4 is 0 Å². The first kappa shape index (κ1) is 22.8. The molecule has 2 heterocycles. The van der Waals surface area contributed by atoms with Gasteiger partial charge in [-0.15, -0.1) is 0 Å². The maximum Gasteiger partial charge on any atom is 0.262 e. The van der Waals surface area contributed by atoms with Crippen molar-refractivity contribution in [1.29, 1.82) is 0 Å². The molecule has 0 aliphatic carbocycles. The number of rotatable bonds is 5. The summed E-state index contributed by atoms with van der Waals surface area (Å²) < 4.78 is 0. The van der Waals surface area contributed by atoms with Crippen LogP contribution in [-0.2, 0) is 4.79 Å². The van der Waals surface area contributed by atoms with E-state index < -0.39 is 5.25 Å². The molecule has 1 amide bonds. The van der Waals surface area contributed by atoms with E-state index in [0.717, 1.165) is 16.8 Å². The molecule has 2 aliphatic rings. The number of nitrogens with zero attached hydrogens (tertiary/aromatic N) is 3. The number of thioether (sulfide) groups is 1. The van der Waals surface area contributed by atoms with E-state index in [0.29, 0.717) is 27.2 Å². The second-order valence-electron chi connectivity index (χ2n) is 8.00. The topological polar surface area (TPSA) is 62.1 Å². The monoisotopic (exact) mass is 507 g/mol. The van der Waals surface area contributed by atoms with Crippen LogP contribution in [-0.4, -0.2) is 32.8 Å². The lowest BCUT2D eigenvalue weighted by Crippen LogP contribution is -2.24. The lowest BCUT2D eigenvalue weighted by molar-refractivity contribution is -0.117. The number of aliphatic imine (C=N–C) groups is 1. The minimum atomic E-state index is -0.583. The van der Waals surface area contributed by atoms with Crippen molar-refractivity contribution in [2.24, 2.45) is 10.1 Å². The Hall–Kier alpha value is -2.93. The summed E-state index contributed by atoms with van der Waals surface area (Å²) in [6, 6.07) is 24.1. The van der Waals surface area contributed by atoms with Crippen LogP contribution in [0.25, 0.3) is 0 Å². The van der Waals surface area contributed by atoms with E-state index in [1.54, 1.807) is 29.3 Å². The van der Waals surface area contributed by atoms with Gasteiger partial charge >= 0.3 is 0 Å². The van der Waals surface area contributed by atoms with E-state index >= 15 is 0 Å². The second-order valence-corrected chi connectivity index (χ2v) is 10.0. The van der Waals surface area contributed by atoms with E-state index in [9.17, 15) is 9.59 Å². The number of carbonyl (C=O) groups is 2. The van der Waals surface area contributed by atoms with E-state index in [4.69, 9.17) is 28.3 Å². The van der Waals surface area contributed by atoms with Crippen molar-refractivity contribution in [3.63, 3.8) is 0 Å². The molecule has 2 unspecified atom stereocenters. The zero-order chi connectivity index (χ0) is 23.7. The Bertz CT molecular complexity index is 1290. The van der Waals surface area contributed by atoms with Crippen molar-refractivity contribution < 1.29 is 9.59 Å². The van der Waals surface area contributed by atoms with Gasteiger partial charge in [0, 0.05) is 28.5 Å². The zero-order valence-corrected chi connectivity index (χ0v) is 20.2. The van der Waals surface area contributed by atoms with E-state index in [1.165, 1.54) is 11.8 Å². The lowest BCUT2D eigenvalue weighted by Gasteiger charge is -2.23. The molecule has 0 radical (unpaired) electrons. The molecular formula is C26H19Cl2N3O2S. The van der Waals surface area contributed by atoms with Gasteiger partial charge in [0.25, 0.3) is 5.91 Å². The van der Waals surface area contributed by atoms with Crippen molar-refractivity contribution >= 4 is 57.5 Å². The summed E-state index contributed by atoms with van der Waals surface area (Å²) in [6.07, 6.45) is 0.723. The third-order valence-electron chi connectivity index (χ3n) is 5.73. The quantitative estimate of drug-likeness (QED) is 0.374. The number of amides is 1. The highest BCUT2D eigenvalue weighted by Gasteiger charge is 2.39. The minimum Gasteiger partial charge on any atom is -0.294 e. The van der Waals surface area contributed by atoms with Gasteiger partial charge in [0.05, 0.1) is 11.8 Å². The Labute approximate surface area is 211 Å². The third kappa shape index (κ3) is 4.80. The molecule has 0 spiro atoms. The molecule has 5 rings (SSSR count). The van der Waals surface area contributed by atoms with Gasteiger partial charge < -0.3 is 0 Å². The van der Waals surface area contributed by atoms with Gasteiger partial charge in [0.2, 0.25) is 0 Å². The Kier molecular flexibility index (Phi) is 6.55.